The molecule has 262 valence electrons. The highest BCUT2D eigenvalue weighted by Crippen LogP contribution is 2.69. The van der Waals surface area contributed by atoms with Gasteiger partial charge in [0.05, 0.1) is 11.0 Å². The summed E-state index contributed by atoms with van der Waals surface area (Å²) < 4.78 is 2.41. The minimum Gasteiger partial charge on any atom is -0.309 e. The van der Waals surface area contributed by atoms with Crippen LogP contribution in [0.4, 0.5) is 0 Å². The van der Waals surface area contributed by atoms with Crippen molar-refractivity contribution in [2.45, 2.75) is 37.5 Å². The maximum absolute atomic E-state index is 2.68. The van der Waals surface area contributed by atoms with E-state index in [1.165, 1.54) is 115 Å². The summed E-state index contributed by atoms with van der Waals surface area (Å²) in [6, 6.07) is 62.3. The lowest BCUT2D eigenvalue weighted by atomic mass is 9.43. The first kappa shape index (κ1) is 30.4. The Hall–Kier alpha value is -5.92. The van der Waals surface area contributed by atoms with E-state index in [0.717, 1.165) is 23.7 Å². The molecule has 14 rings (SSSR count). The van der Waals surface area contributed by atoms with Crippen LogP contribution in [0, 0.1) is 23.7 Å². The summed E-state index contributed by atoms with van der Waals surface area (Å²) in [7, 11) is 0. The molecule has 0 amide bonds. The minimum absolute atomic E-state index is 0.148. The van der Waals surface area contributed by atoms with Gasteiger partial charge >= 0.3 is 0 Å². The molecule has 0 aliphatic heterocycles. The minimum atomic E-state index is 0.148. The number of nitrogens with zero attached hydrogens (tertiary/aromatic N) is 1. The first-order valence-electron chi connectivity index (χ1n) is 20.5. The van der Waals surface area contributed by atoms with Crippen molar-refractivity contribution >= 4 is 43.4 Å². The van der Waals surface area contributed by atoms with Gasteiger partial charge in [-0.25, -0.2) is 0 Å². The normalized spacial score (nSPS) is 23.3. The van der Waals surface area contributed by atoms with Gasteiger partial charge in [-0.1, -0.05) is 127 Å². The quantitative estimate of drug-likeness (QED) is 0.161. The number of aromatic nitrogens is 1. The van der Waals surface area contributed by atoms with Gasteiger partial charge < -0.3 is 4.57 Å². The van der Waals surface area contributed by atoms with Crippen LogP contribution in [0.15, 0.2) is 164 Å². The molecule has 0 N–H and O–H groups in total. The molecule has 4 fully saturated rings. The standard InChI is InChI=1S/C54H41N/c1-2-12-39(13-3-1)55-50-21-11-9-15-42(50)47-31-35(23-25-51(47)55)52-43-16-4-6-18-45(43)53(46-19-7-5-17-44(46)52)36-22-24-41-40-14-8-10-20-48(40)54(49(41)32-36)37-27-33-26-34(29-37)30-38(54)28-33/h1-25,31-34,37-38H,26-30H2. The third-order valence-electron chi connectivity index (χ3n) is 14.7. The lowest BCUT2D eigenvalue weighted by Gasteiger charge is -2.61. The molecule has 5 aliphatic rings. The molecule has 9 aromatic rings. The third kappa shape index (κ3) is 3.98. The number of rotatable bonds is 3. The van der Waals surface area contributed by atoms with E-state index in [1.807, 2.05) is 0 Å². The van der Waals surface area contributed by atoms with E-state index >= 15 is 0 Å². The first-order chi connectivity index (χ1) is 27.3. The zero-order valence-corrected chi connectivity index (χ0v) is 30.9. The molecule has 4 bridgehead atoms. The van der Waals surface area contributed by atoms with Gasteiger partial charge in [0.2, 0.25) is 0 Å². The number of hydrogen-bond donors (Lipinski definition) is 0. The Bertz CT molecular complexity index is 2970. The maximum atomic E-state index is 2.68. The Morgan fingerprint density at radius 3 is 1.56 bits per heavy atom. The average molecular weight is 704 g/mol. The van der Waals surface area contributed by atoms with Gasteiger partial charge in [-0.3, -0.25) is 0 Å². The summed E-state index contributed by atoms with van der Waals surface area (Å²) in [5, 5.41) is 7.86. The largest absolute Gasteiger partial charge is 0.309 e. The zero-order chi connectivity index (χ0) is 35.8. The fraction of sp³-hybridized carbons (Fsp3) is 0.185. The molecular weight excluding hydrogens is 663 g/mol. The van der Waals surface area contributed by atoms with Crippen molar-refractivity contribution in [3.8, 4) is 39.1 Å². The number of para-hydroxylation sites is 2. The summed E-state index contributed by atoms with van der Waals surface area (Å²) in [5.41, 5.74) is 15.4. The molecule has 0 radical (unpaired) electrons. The second kappa shape index (κ2) is 11.1. The fourth-order valence-corrected chi connectivity index (χ4v) is 13.0. The number of benzene rings is 8. The molecule has 1 nitrogen and oxygen atoms in total. The molecule has 8 aromatic carbocycles. The lowest BCUT2D eigenvalue weighted by Crippen LogP contribution is -2.55. The molecule has 4 saturated carbocycles. The summed E-state index contributed by atoms with van der Waals surface area (Å²) in [5.74, 6) is 3.36. The molecule has 5 aliphatic carbocycles. The highest BCUT2D eigenvalue weighted by atomic mass is 15.0. The second-order valence-electron chi connectivity index (χ2n) is 17.2. The van der Waals surface area contributed by atoms with E-state index in [0.29, 0.717) is 0 Å². The molecule has 0 atom stereocenters. The van der Waals surface area contributed by atoms with E-state index in [1.54, 1.807) is 11.1 Å². The van der Waals surface area contributed by atoms with E-state index in [4.69, 9.17) is 0 Å². The SMILES string of the molecule is c1ccc(-n2c3ccccc3c3cc(-c4c5ccccc5c(-c5ccc6c(c5)C5(c7ccccc7-6)C6CC7CC(C6)CC5C7)c5ccccc45)ccc32)cc1. The maximum Gasteiger partial charge on any atom is 0.0541 e. The van der Waals surface area contributed by atoms with Crippen molar-refractivity contribution in [3.63, 3.8) is 0 Å². The van der Waals surface area contributed by atoms with Crippen molar-refractivity contribution in [1.29, 1.82) is 0 Å². The number of fused-ring (bicyclic) bond motifs is 8. The summed E-state index contributed by atoms with van der Waals surface area (Å²) in [6.07, 6.45) is 7.09. The lowest BCUT2D eigenvalue weighted by molar-refractivity contribution is -0.0399. The average Bonchev–Trinajstić information content (AvgIpc) is 3.72. The fourth-order valence-electron chi connectivity index (χ4n) is 13.0. The Morgan fingerprint density at radius 2 is 0.891 bits per heavy atom. The molecule has 1 spiro atoms. The second-order valence-corrected chi connectivity index (χ2v) is 17.2. The summed E-state index contributed by atoms with van der Waals surface area (Å²) in [6.45, 7) is 0. The van der Waals surface area contributed by atoms with Gasteiger partial charge in [0, 0.05) is 21.9 Å². The molecule has 0 saturated heterocycles. The summed E-state index contributed by atoms with van der Waals surface area (Å²) in [4.78, 5) is 0. The molecule has 55 heavy (non-hydrogen) atoms. The Balaban J connectivity index is 1.05. The van der Waals surface area contributed by atoms with E-state index in [9.17, 15) is 0 Å². The van der Waals surface area contributed by atoms with Gasteiger partial charge in [0.25, 0.3) is 0 Å². The molecular formula is C54H41N. The van der Waals surface area contributed by atoms with Crippen LogP contribution in [0.5, 0.6) is 0 Å². The molecule has 1 heterocycles. The van der Waals surface area contributed by atoms with Gasteiger partial charge in [0.1, 0.15) is 0 Å². The smallest absolute Gasteiger partial charge is 0.0541 e. The van der Waals surface area contributed by atoms with Crippen LogP contribution in [-0.4, -0.2) is 4.57 Å². The highest BCUT2D eigenvalue weighted by molar-refractivity contribution is 6.22. The van der Waals surface area contributed by atoms with Crippen molar-refractivity contribution < 1.29 is 0 Å². The Morgan fingerprint density at radius 1 is 0.382 bits per heavy atom. The van der Waals surface area contributed by atoms with Crippen LogP contribution in [0.1, 0.15) is 43.2 Å². The van der Waals surface area contributed by atoms with Gasteiger partial charge in [-0.15, -0.1) is 0 Å². The van der Waals surface area contributed by atoms with E-state index < -0.39 is 0 Å². The van der Waals surface area contributed by atoms with E-state index in [2.05, 4.69) is 168 Å². The highest BCUT2D eigenvalue weighted by Gasteiger charge is 2.61. The van der Waals surface area contributed by atoms with Gasteiger partial charge in [0.15, 0.2) is 0 Å². The van der Waals surface area contributed by atoms with Crippen LogP contribution < -0.4 is 0 Å². The van der Waals surface area contributed by atoms with Crippen LogP contribution in [0.2, 0.25) is 0 Å². The predicted molar refractivity (Wildman–Crippen MR) is 230 cm³/mol. The van der Waals surface area contributed by atoms with E-state index in [-0.39, 0.29) is 5.41 Å². The monoisotopic (exact) mass is 703 g/mol. The molecule has 1 aromatic heterocycles. The van der Waals surface area contributed by atoms with Crippen LogP contribution in [0.25, 0.3) is 82.4 Å². The summed E-state index contributed by atoms with van der Waals surface area (Å²) >= 11 is 0. The molecule has 1 heteroatoms. The van der Waals surface area contributed by atoms with Crippen LogP contribution >= 0.6 is 0 Å². The van der Waals surface area contributed by atoms with Crippen LogP contribution in [0.3, 0.4) is 0 Å². The zero-order valence-electron chi connectivity index (χ0n) is 30.9. The topological polar surface area (TPSA) is 4.93 Å². The van der Waals surface area contributed by atoms with Gasteiger partial charge in [-0.2, -0.15) is 0 Å². The third-order valence-corrected chi connectivity index (χ3v) is 14.7. The Kier molecular flexibility index (Phi) is 6.13. The van der Waals surface area contributed by atoms with Crippen LogP contribution in [-0.2, 0) is 5.41 Å². The van der Waals surface area contributed by atoms with Crippen molar-refractivity contribution in [1.82, 2.24) is 4.57 Å². The molecule has 0 unspecified atom stereocenters. The Labute approximate surface area is 321 Å². The first-order valence-corrected chi connectivity index (χ1v) is 20.5. The van der Waals surface area contributed by atoms with Crippen molar-refractivity contribution in [2.24, 2.45) is 23.7 Å². The number of hydrogen-bond acceptors (Lipinski definition) is 0. The predicted octanol–water partition coefficient (Wildman–Crippen LogP) is 14.1. The van der Waals surface area contributed by atoms with Crippen molar-refractivity contribution in [3.05, 3.63) is 175 Å². The van der Waals surface area contributed by atoms with Gasteiger partial charge in [-0.05, 0) is 158 Å². The van der Waals surface area contributed by atoms with Crippen molar-refractivity contribution in [2.75, 3.05) is 0 Å².